The molecule has 1 aromatic heterocycles. The van der Waals surface area contributed by atoms with Crippen molar-refractivity contribution < 1.29 is 30.7 Å². The van der Waals surface area contributed by atoms with Gasteiger partial charge in [0.15, 0.2) is 10.1 Å². The van der Waals surface area contributed by atoms with Gasteiger partial charge in [-0.2, -0.15) is 13.2 Å². The van der Waals surface area contributed by atoms with E-state index < -0.39 is 15.6 Å². The van der Waals surface area contributed by atoms with Gasteiger partial charge in [0, 0.05) is 6.07 Å². The maximum Gasteiger partial charge on any atom is 0.485 e. The van der Waals surface area contributed by atoms with Crippen LogP contribution >= 0.6 is 0 Å². The van der Waals surface area contributed by atoms with Crippen LogP contribution < -0.4 is 4.57 Å². The summed E-state index contributed by atoms with van der Waals surface area (Å²) in [6.45, 7) is 3.28. The lowest BCUT2D eigenvalue weighted by molar-refractivity contribution is -0.700. The SMILES string of the molecule is CCCC[n+]1cccnc1.O=S(=O)([O-])C(F)(F)F. The highest BCUT2D eigenvalue weighted by molar-refractivity contribution is 7.86. The normalized spacial score (nSPS) is 11.6. The zero-order chi connectivity index (χ0) is 14.2. The molecule has 0 spiro atoms. The minimum atomic E-state index is -6.09. The van der Waals surface area contributed by atoms with Crippen molar-refractivity contribution >= 4 is 10.1 Å². The Morgan fingerprint density at radius 1 is 1.39 bits per heavy atom. The van der Waals surface area contributed by atoms with Crippen LogP contribution in [0.1, 0.15) is 19.8 Å². The van der Waals surface area contributed by atoms with Gasteiger partial charge in [-0.05, 0) is 6.42 Å². The van der Waals surface area contributed by atoms with E-state index in [1.54, 1.807) is 6.20 Å². The third-order valence-corrected chi connectivity index (χ3v) is 2.28. The first-order valence-electron chi connectivity index (χ1n) is 4.99. The number of halogens is 3. The Bertz CT molecular complexity index is 434. The average Bonchev–Trinajstić information content (AvgIpc) is 2.26. The van der Waals surface area contributed by atoms with Crippen molar-refractivity contribution in [3.05, 3.63) is 24.8 Å². The fourth-order valence-corrected chi connectivity index (χ4v) is 0.834. The van der Waals surface area contributed by atoms with Gasteiger partial charge in [0.1, 0.15) is 6.20 Å². The van der Waals surface area contributed by atoms with Crippen molar-refractivity contribution in [1.29, 1.82) is 0 Å². The summed E-state index contributed by atoms with van der Waals surface area (Å²) in [6, 6.07) is 1.95. The minimum Gasteiger partial charge on any atom is -0.741 e. The van der Waals surface area contributed by atoms with Crippen LogP contribution in [0.4, 0.5) is 13.2 Å². The molecule has 5 nitrogen and oxygen atoms in total. The maximum atomic E-state index is 10.7. The van der Waals surface area contributed by atoms with E-state index in [-0.39, 0.29) is 0 Å². The highest BCUT2D eigenvalue weighted by Gasteiger charge is 2.36. The molecule has 0 N–H and O–H groups in total. The van der Waals surface area contributed by atoms with Crippen LogP contribution in [0.3, 0.4) is 0 Å². The smallest absolute Gasteiger partial charge is 0.485 e. The summed E-state index contributed by atoms with van der Waals surface area (Å²) in [5, 5.41) is 0. The number of hydrogen-bond acceptors (Lipinski definition) is 4. The monoisotopic (exact) mass is 286 g/mol. The minimum absolute atomic E-state index is 1.09. The van der Waals surface area contributed by atoms with E-state index in [0.717, 1.165) is 6.54 Å². The molecule has 0 saturated carbocycles. The molecule has 0 saturated heterocycles. The quantitative estimate of drug-likeness (QED) is 0.476. The molecule has 0 atom stereocenters. The predicted molar refractivity (Wildman–Crippen MR) is 55.1 cm³/mol. The summed E-state index contributed by atoms with van der Waals surface area (Å²) < 4.78 is 61.0. The van der Waals surface area contributed by atoms with Crippen LogP contribution in [0.5, 0.6) is 0 Å². The van der Waals surface area contributed by atoms with E-state index >= 15 is 0 Å². The van der Waals surface area contributed by atoms with Gasteiger partial charge in [0.05, 0.1) is 12.7 Å². The van der Waals surface area contributed by atoms with Gasteiger partial charge in [-0.1, -0.05) is 18.3 Å². The highest BCUT2D eigenvalue weighted by Crippen LogP contribution is 2.20. The molecule has 0 aliphatic heterocycles. The second kappa shape index (κ2) is 7.27. The van der Waals surface area contributed by atoms with Crippen LogP contribution in [0.25, 0.3) is 0 Å². The summed E-state index contributed by atoms with van der Waals surface area (Å²) in [7, 11) is -6.09. The molecule has 0 unspecified atom stereocenters. The molecule has 9 heteroatoms. The van der Waals surface area contributed by atoms with Crippen LogP contribution in [0, 0.1) is 0 Å². The lowest BCUT2D eigenvalue weighted by Gasteiger charge is -2.08. The lowest BCUT2D eigenvalue weighted by atomic mass is 10.3. The second-order valence-electron chi connectivity index (χ2n) is 3.25. The van der Waals surface area contributed by atoms with E-state index in [0.29, 0.717) is 0 Å². The van der Waals surface area contributed by atoms with E-state index in [4.69, 9.17) is 13.0 Å². The molecule has 0 aliphatic rings. The van der Waals surface area contributed by atoms with Crippen LogP contribution in [-0.2, 0) is 16.7 Å². The van der Waals surface area contributed by atoms with Gasteiger partial charge in [0.25, 0.3) is 6.33 Å². The molecular weight excluding hydrogens is 273 g/mol. The first-order chi connectivity index (χ1) is 8.18. The van der Waals surface area contributed by atoms with E-state index in [9.17, 15) is 13.2 Å². The zero-order valence-electron chi connectivity index (χ0n) is 9.59. The fraction of sp³-hybridized carbons (Fsp3) is 0.556. The summed E-state index contributed by atoms with van der Waals surface area (Å²) in [6.07, 6.45) is 8.17. The molecule has 18 heavy (non-hydrogen) atoms. The Hall–Kier alpha value is -1.22. The first kappa shape index (κ1) is 16.8. The number of aromatic nitrogens is 2. The number of nitrogens with zero attached hydrogens (tertiary/aromatic N) is 2. The van der Waals surface area contributed by atoms with Crippen molar-refractivity contribution in [2.45, 2.75) is 31.8 Å². The van der Waals surface area contributed by atoms with E-state index in [2.05, 4.69) is 16.5 Å². The molecule has 1 rings (SSSR count). The van der Waals surface area contributed by atoms with Gasteiger partial charge in [-0.15, -0.1) is 0 Å². The topological polar surface area (TPSA) is 74.0 Å². The van der Waals surface area contributed by atoms with Crippen molar-refractivity contribution in [2.24, 2.45) is 0 Å². The number of aryl methyl sites for hydroxylation is 1. The largest absolute Gasteiger partial charge is 0.741 e. The second-order valence-corrected chi connectivity index (χ2v) is 4.62. The maximum absolute atomic E-state index is 10.7. The third-order valence-electron chi connectivity index (χ3n) is 1.72. The highest BCUT2D eigenvalue weighted by atomic mass is 32.2. The fourth-order valence-electron chi connectivity index (χ4n) is 0.834. The molecule has 0 amide bonds. The first-order valence-corrected chi connectivity index (χ1v) is 6.40. The zero-order valence-corrected chi connectivity index (χ0v) is 10.4. The van der Waals surface area contributed by atoms with Crippen LogP contribution in [0.2, 0.25) is 0 Å². The molecular formula is C9H13F3N2O3S. The molecule has 1 heterocycles. The third kappa shape index (κ3) is 7.17. The Labute approximate surface area is 103 Å². The average molecular weight is 286 g/mol. The Morgan fingerprint density at radius 2 is 1.94 bits per heavy atom. The van der Waals surface area contributed by atoms with E-state index in [1.165, 1.54) is 12.8 Å². The Kier molecular flexibility index (Phi) is 6.77. The standard InChI is InChI=1S/C8H13N2.CHF3O3S/c1-2-3-6-10-7-4-5-9-8-10;2-1(3,4)8(5,6)7/h4-5,7-8H,2-3,6H2,1H3;(H,5,6,7)/q+1;/p-1. The molecule has 104 valence electrons. The molecule has 0 bridgehead atoms. The Morgan fingerprint density at radius 3 is 2.28 bits per heavy atom. The number of alkyl halides is 3. The molecule has 0 aromatic carbocycles. The van der Waals surface area contributed by atoms with Crippen molar-refractivity contribution in [3.63, 3.8) is 0 Å². The summed E-state index contributed by atoms with van der Waals surface area (Å²) in [5.41, 5.74) is -5.65. The van der Waals surface area contributed by atoms with Crippen LogP contribution in [0.15, 0.2) is 24.8 Å². The lowest BCUT2D eigenvalue weighted by Crippen LogP contribution is -2.32. The number of hydrogen-bond donors (Lipinski definition) is 0. The van der Waals surface area contributed by atoms with Gasteiger partial charge in [-0.3, -0.25) is 0 Å². The molecule has 0 fully saturated rings. The van der Waals surface area contributed by atoms with Gasteiger partial charge < -0.3 is 4.55 Å². The summed E-state index contributed by atoms with van der Waals surface area (Å²) in [5.74, 6) is 0. The summed E-state index contributed by atoms with van der Waals surface area (Å²) >= 11 is 0. The van der Waals surface area contributed by atoms with Crippen molar-refractivity contribution in [2.75, 3.05) is 0 Å². The van der Waals surface area contributed by atoms with E-state index in [1.807, 2.05) is 18.6 Å². The van der Waals surface area contributed by atoms with Gasteiger partial charge in [-0.25, -0.2) is 13.0 Å². The molecule has 0 aliphatic carbocycles. The molecule has 0 radical (unpaired) electrons. The predicted octanol–water partition coefficient (Wildman–Crippen LogP) is 1.22. The van der Waals surface area contributed by atoms with Gasteiger partial charge in [0.2, 0.25) is 0 Å². The molecule has 1 aromatic rings. The summed E-state index contributed by atoms with van der Waals surface area (Å²) in [4.78, 5) is 4.00. The number of unbranched alkanes of at least 4 members (excludes halogenated alkanes) is 1. The van der Waals surface area contributed by atoms with Crippen molar-refractivity contribution in [1.82, 2.24) is 4.98 Å². The Balaban J connectivity index is 0.000000331. The van der Waals surface area contributed by atoms with Gasteiger partial charge >= 0.3 is 5.51 Å². The number of rotatable bonds is 3. The van der Waals surface area contributed by atoms with Crippen LogP contribution in [-0.4, -0.2) is 23.5 Å². The van der Waals surface area contributed by atoms with Crippen molar-refractivity contribution in [3.8, 4) is 0 Å².